The highest BCUT2D eigenvalue weighted by molar-refractivity contribution is 7.12. The molecule has 108 valence electrons. The minimum Gasteiger partial charge on any atom is -0.493 e. The fourth-order valence-electron chi connectivity index (χ4n) is 2.94. The molecule has 0 saturated carbocycles. The summed E-state index contributed by atoms with van der Waals surface area (Å²) in [5, 5.41) is 4.90. The third-order valence-corrected chi connectivity index (χ3v) is 4.80. The number of benzene rings is 1. The Kier molecular flexibility index (Phi) is 3.07. The second kappa shape index (κ2) is 5.07. The van der Waals surface area contributed by atoms with E-state index in [2.05, 4.69) is 11.4 Å². The van der Waals surface area contributed by atoms with Crippen LogP contribution in [0.1, 0.15) is 26.4 Å². The number of thiophene rings is 1. The topological polar surface area (TPSA) is 47.6 Å². The molecule has 1 aromatic heterocycles. The van der Waals surface area contributed by atoms with Crippen molar-refractivity contribution >= 4 is 17.2 Å². The van der Waals surface area contributed by atoms with E-state index in [1.54, 1.807) is 0 Å². The van der Waals surface area contributed by atoms with E-state index >= 15 is 0 Å². The molecule has 0 bridgehead atoms. The summed E-state index contributed by atoms with van der Waals surface area (Å²) >= 11 is 1.45. The molecular formula is C16H15NO3S. The van der Waals surface area contributed by atoms with Gasteiger partial charge in [-0.2, -0.15) is 0 Å². The maximum Gasteiger partial charge on any atom is 0.261 e. The maximum atomic E-state index is 12.1. The van der Waals surface area contributed by atoms with Crippen molar-refractivity contribution in [1.29, 1.82) is 0 Å². The summed E-state index contributed by atoms with van der Waals surface area (Å²) in [4.78, 5) is 12.8. The number of carbonyl (C=O) groups excluding carboxylic acids is 1. The van der Waals surface area contributed by atoms with Crippen LogP contribution in [0.4, 0.5) is 0 Å². The molecule has 0 unspecified atom stereocenters. The van der Waals surface area contributed by atoms with Crippen molar-refractivity contribution in [3.63, 3.8) is 0 Å². The molecule has 5 heteroatoms. The first kappa shape index (κ1) is 12.7. The van der Waals surface area contributed by atoms with Crippen LogP contribution in [-0.4, -0.2) is 19.1 Å². The van der Waals surface area contributed by atoms with E-state index in [0.29, 0.717) is 19.8 Å². The zero-order valence-corrected chi connectivity index (χ0v) is 12.3. The molecule has 4 nitrogen and oxygen atoms in total. The Morgan fingerprint density at radius 1 is 1.29 bits per heavy atom. The van der Waals surface area contributed by atoms with E-state index < -0.39 is 0 Å². The van der Waals surface area contributed by atoms with Gasteiger partial charge in [-0.1, -0.05) is 6.07 Å². The quantitative estimate of drug-likeness (QED) is 0.948. The smallest absolute Gasteiger partial charge is 0.261 e. The molecule has 0 spiro atoms. The lowest BCUT2D eigenvalue weighted by Crippen LogP contribution is -2.22. The Balaban J connectivity index is 1.62. The van der Waals surface area contributed by atoms with Gasteiger partial charge in [0, 0.05) is 36.1 Å². The predicted molar refractivity (Wildman–Crippen MR) is 80.3 cm³/mol. The van der Waals surface area contributed by atoms with Crippen molar-refractivity contribution < 1.29 is 14.3 Å². The summed E-state index contributed by atoms with van der Waals surface area (Å²) in [5.41, 5.74) is 3.46. The van der Waals surface area contributed by atoms with Gasteiger partial charge in [0.1, 0.15) is 11.5 Å². The van der Waals surface area contributed by atoms with E-state index in [-0.39, 0.29) is 5.91 Å². The summed E-state index contributed by atoms with van der Waals surface area (Å²) in [6.07, 6.45) is 1.80. The van der Waals surface area contributed by atoms with Crippen LogP contribution in [0.2, 0.25) is 0 Å². The third-order valence-electron chi connectivity index (χ3n) is 3.93. The normalized spacial score (nSPS) is 15.0. The molecule has 1 amide bonds. The molecule has 0 fully saturated rings. The van der Waals surface area contributed by atoms with Crippen LogP contribution in [0, 0.1) is 0 Å². The number of amides is 1. The van der Waals surface area contributed by atoms with Gasteiger partial charge in [-0.25, -0.2) is 0 Å². The van der Waals surface area contributed by atoms with Crippen LogP contribution in [0.3, 0.4) is 0 Å². The molecule has 2 aliphatic rings. The lowest BCUT2D eigenvalue weighted by molar-refractivity contribution is 0.0954. The van der Waals surface area contributed by atoms with Crippen LogP contribution < -0.4 is 14.8 Å². The Labute approximate surface area is 126 Å². The average molecular weight is 301 g/mol. The summed E-state index contributed by atoms with van der Waals surface area (Å²) in [6, 6.07) is 5.81. The van der Waals surface area contributed by atoms with Crippen molar-refractivity contribution in [2.45, 2.75) is 19.4 Å². The lowest BCUT2D eigenvalue weighted by atomic mass is 9.99. The summed E-state index contributed by atoms with van der Waals surface area (Å²) < 4.78 is 11.5. The standard InChI is InChI=1S/C16H15NO3S/c18-16(14-2-1-7-21-14)17-9-12-11-4-6-19-13(11)8-10-3-5-20-15(10)12/h1-2,7-8H,3-6,9H2,(H,17,18). The van der Waals surface area contributed by atoms with Crippen molar-refractivity contribution in [3.8, 4) is 11.5 Å². The van der Waals surface area contributed by atoms with E-state index in [4.69, 9.17) is 9.47 Å². The third kappa shape index (κ3) is 2.17. The SMILES string of the molecule is O=C(NCc1c2c(cc3c1OCC3)OCC2)c1cccs1. The number of nitrogens with one attached hydrogen (secondary N) is 1. The largest absolute Gasteiger partial charge is 0.493 e. The highest BCUT2D eigenvalue weighted by Gasteiger charge is 2.26. The average Bonchev–Trinajstić information content (AvgIpc) is 3.21. The van der Waals surface area contributed by atoms with Gasteiger partial charge in [0.2, 0.25) is 0 Å². The van der Waals surface area contributed by atoms with Gasteiger partial charge in [0.05, 0.1) is 18.1 Å². The molecule has 0 atom stereocenters. The maximum absolute atomic E-state index is 12.1. The monoisotopic (exact) mass is 301 g/mol. The molecule has 2 aliphatic heterocycles. The lowest BCUT2D eigenvalue weighted by Gasteiger charge is -2.13. The number of rotatable bonds is 3. The van der Waals surface area contributed by atoms with E-state index in [0.717, 1.165) is 34.8 Å². The van der Waals surface area contributed by atoms with Gasteiger partial charge in [0.25, 0.3) is 5.91 Å². The zero-order valence-electron chi connectivity index (χ0n) is 11.5. The highest BCUT2D eigenvalue weighted by Crippen LogP contribution is 2.40. The number of hydrogen-bond acceptors (Lipinski definition) is 4. The van der Waals surface area contributed by atoms with Gasteiger partial charge in [-0.05, 0) is 17.5 Å². The van der Waals surface area contributed by atoms with Crippen molar-refractivity contribution in [3.05, 3.63) is 45.1 Å². The first-order valence-electron chi connectivity index (χ1n) is 7.08. The molecule has 0 saturated heterocycles. The van der Waals surface area contributed by atoms with Gasteiger partial charge in [-0.3, -0.25) is 4.79 Å². The zero-order chi connectivity index (χ0) is 14.2. The minimum absolute atomic E-state index is 0.0340. The van der Waals surface area contributed by atoms with Crippen molar-refractivity contribution in [2.75, 3.05) is 13.2 Å². The van der Waals surface area contributed by atoms with Gasteiger partial charge in [-0.15, -0.1) is 11.3 Å². The highest BCUT2D eigenvalue weighted by atomic mass is 32.1. The molecule has 4 rings (SSSR count). The van der Waals surface area contributed by atoms with Crippen LogP contribution in [0.5, 0.6) is 11.5 Å². The first-order valence-corrected chi connectivity index (χ1v) is 7.96. The molecule has 0 radical (unpaired) electrons. The molecule has 1 N–H and O–H groups in total. The first-order chi connectivity index (χ1) is 10.3. The van der Waals surface area contributed by atoms with Crippen LogP contribution in [-0.2, 0) is 19.4 Å². The Morgan fingerprint density at radius 3 is 3.05 bits per heavy atom. The Bertz CT molecular complexity index is 662. The molecule has 21 heavy (non-hydrogen) atoms. The molecule has 0 aliphatic carbocycles. The Hall–Kier alpha value is -2.01. The van der Waals surface area contributed by atoms with Crippen LogP contribution in [0.25, 0.3) is 0 Å². The van der Waals surface area contributed by atoms with E-state index in [1.807, 2.05) is 17.5 Å². The minimum atomic E-state index is -0.0340. The summed E-state index contributed by atoms with van der Waals surface area (Å²) in [7, 11) is 0. The van der Waals surface area contributed by atoms with Crippen LogP contribution >= 0.6 is 11.3 Å². The number of fused-ring (bicyclic) bond motifs is 2. The van der Waals surface area contributed by atoms with Crippen molar-refractivity contribution in [1.82, 2.24) is 5.32 Å². The molecule has 2 aromatic rings. The molecule has 3 heterocycles. The molecular weight excluding hydrogens is 286 g/mol. The summed E-state index contributed by atoms with van der Waals surface area (Å²) in [6.45, 7) is 1.92. The van der Waals surface area contributed by atoms with Gasteiger partial charge in [0.15, 0.2) is 0 Å². The summed E-state index contributed by atoms with van der Waals surface area (Å²) in [5.74, 6) is 1.87. The van der Waals surface area contributed by atoms with Crippen molar-refractivity contribution in [2.24, 2.45) is 0 Å². The number of ether oxygens (including phenoxy) is 2. The fourth-order valence-corrected chi connectivity index (χ4v) is 3.58. The number of carbonyl (C=O) groups is 1. The fraction of sp³-hybridized carbons (Fsp3) is 0.312. The van der Waals surface area contributed by atoms with E-state index in [1.165, 1.54) is 22.5 Å². The van der Waals surface area contributed by atoms with Gasteiger partial charge < -0.3 is 14.8 Å². The number of hydrogen-bond donors (Lipinski definition) is 1. The second-order valence-electron chi connectivity index (χ2n) is 5.18. The second-order valence-corrected chi connectivity index (χ2v) is 6.12. The predicted octanol–water partition coefficient (Wildman–Crippen LogP) is 2.55. The van der Waals surface area contributed by atoms with E-state index in [9.17, 15) is 4.79 Å². The molecule has 1 aromatic carbocycles. The van der Waals surface area contributed by atoms with Crippen LogP contribution in [0.15, 0.2) is 23.6 Å². The van der Waals surface area contributed by atoms with Gasteiger partial charge >= 0.3 is 0 Å². The Morgan fingerprint density at radius 2 is 2.19 bits per heavy atom.